The molecule has 0 aliphatic carbocycles. The van der Waals surface area contributed by atoms with Crippen LogP contribution in [0.25, 0.3) is 0 Å². The third kappa shape index (κ3) is 2.71. The summed E-state index contributed by atoms with van der Waals surface area (Å²) in [6.07, 6.45) is 0.758. The number of nitriles is 1. The fourth-order valence-corrected chi connectivity index (χ4v) is 2.02. The minimum Gasteiger partial charge on any atom is -0.347 e. The summed E-state index contributed by atoms with van der Waals surface area (Å²) < 4.78 is 0. The Hall–Kier alpha value is -1.12. The van der Waals surface area contributed by atoms with Gasteiger partial charge in [-0.3, -0.25) is 9.69 Å². The number of likely N-dealkylation sites (N-methyl/N-ethyl adjacent to an activating group) is 1. The predicted molar refractivity (Wildman–Crippen MR) is 61.7 cm³/mol. The maximum absolute atomic E-state index is 12.0. The van der Waals surface area contributed by atoms with E-state index in [1.807, 2.05) is 11.8 Å². The normalized spacial score (nSPS) is 23.5. The van der Waals surface area contributed by atoms with E-state index in [0.717, 1.165) is 19.5 Å². The number of rotatable bonds is 3. The Morgan fingerprint density at radius 3 is 2.88 bits per heavy atom. The van der Waals surface area contributed by atoms with E-state index in [9.17, 15) is 4.79 Å². The van der Waals surface area contributed by atoms with E-state index >= 15 is 0 Å². The van der Waals surface area contributed by atoms with Crippen LogP contribution in [0.1, 0.15) is 13.3 Å². The molecule has 1 amide bonds. The lowest BCUT2D eigenvalue weighted by Gasteiger charge is -2.38. The molecule has 1 N–H and O–H groups in total. The predicted octanol–water partition coefficient (Wildman–Crippen LogP) is -0.349. The second kappa shape index (κ2) is 5.83. The molecule has 1 saturated heterocycles. The van der Waals surface area contributed by atoms with Crippen LogP contribution in [0.3, 0.4) is 0 Å². The summed E-state index contributed by atoms with van der Waals surface area (Å²) >= 11 is 0. The van der Waals surface area contributed by atoms with Crippen molar-refractivity contribution >= 4 is 5.91 Å². The van der Waals surface area contributed by atoms with Gasteiger partial charge in [0.2, 0.25) is 5.91 Å². The number of amides is 1. The highest BCUT2D eigenvalue weighted by Crippen LogP contribution is 2.12. The van der Waals surface area contributed by atoms with Gasteiger partial charge in [-0.15, -0.1) is 0 Å². The third-order valence-corrected chi connectivity index (χ3v) is 2.95. The number of carbonyl (C=O) groups excluding carboxylic acids is 1. The highest BCUT2D eigenvalue weighted by molar-refractivity contribution is 5.81. The Morgan fingerprint density at radius 2 is 2.38 bits per heavy atom. The fourth-order valence-electron chi connectivity index (χ4n) is 2.02. The average Bonchev–Trinajstić information content (AvgIpc) is 2.30. The van der Waals surface area contributed by atoms with Crippen LogP contribution in [0, 0.1) is 11.3 Å². The minimum absolute atomic E-state index is 0.0703. The van der Waals surface area contributed by atoms with Gasteiger partial charge in [-0.25, -0.2) is 0 Å². The molecule has 0 bridgehead atoms. The van der Waals surface area contributed by atoms with Gasteiger partial charge in [-0.2, -0.15) is 5.26 Å². The smallest absolute Gasteiger partial charge is 0.240 e. The van der Waals surface area contributed by atoms with Crippen LogP contribution in [-0.4, -0.2) is 61.5 Å². The maximum atomic E-state index is 12.0. The lowest BCUT2D eigenvalue weighted by atomic mass is 10.1. The molecule has 2 atom stereocenters. The molecule has 1 heterocycles. The molecule has 0 spiro atoms. The summed E-state index contributed by atoms with van der Waals surface area (Å²) in [6, 6.07) is 1.92. The summed E-state index contributed by atoms with van der Waals surface area (Å²) in [5, 5.41) is 12.3. The Labute approximate surface area is 97.0 Å². The first kappa shape index (κ1) is 12.9. The van der Waals surface area contributed by atoms with E-state index in [0.29, 0.717) is 6.54 Å². The number of hydrogen-bond donors (Lipinski definition) is 1. The number of hydrogen-bond acceptors (Lipinski definition) is 4. The quantitative estimate of drug-likeness (QED) is 0.712. The molecular weight excluding hydrogens is 204 g/mol. The van der Waals surface area contributed by atoms with E-state index in [2.05, 4.69) is 11.4 Å². The van der Waals surface area contributed by atoms with Gasteiger partial charge in [0.15, 0.2) is 0 Å². The first-order valence-corrected chi connectivity index (χ1v) is 5.69. The van der Waals surface area contributed by atoms with Crippen LogP contribution >= 0.6 is 0 Å². The molecule has 1 fully saturated rings. The molecule has 5 nitrogen and oxygen atoms in total. The summed E-state index contributed by atoms with van der Waals surface area (Å²) in [7, 11) is 3.50. The molecule has 0 aromatic rings. The Bertz CT molecular complexity index is 284. The summed E-state index contributed by atoms with van der Waals surface area (Å²) in [5.41, 5.74) is 0. The van der Waals surface area contributed by atoms with E-state index in [4.69, 9.17) is 5.26 Å². The molecule has 16 heavy (non-hydrogen) atoms. The molecule has 1 aliphatic rings. The highest BCUT2D eigenvalue weighted by atomic mass is 16.2. The van der Waals surface area contributed by atoms with Crippen molar-refractivity contribution in [3.05, 3.63) is 0 Å². The van der Waals surface area contributed by atoms with Crippen LogP contribution in [0.4, 0.5) is 0 Å². The van der Waals surface area contributed by atoms with Crippen LogP contribution in [0.2, 0.25) is 0 Å². The molecule has 5 heteroatoms. The van der Waals surface area contributed by atoms with Crippen molar-refractivity contribution in [3.63, 3.8) is 0 Å². The second-order valence-corrected chi connectivity index (χ2v) is 4.24. The molecule has 0 saturated carbocycles. The lowest BCUT2D eigenvalue weighted by Crippen LogP contribution is -2.60. The second-order valence-electron chi connectivity index (χ2n) is 4.24. The SMILES string of the molecule is CCC(C#N)N1CCNCC1C(=O)N(C)C. The van der Waals surface area contributed by atoms with Gasteiger partial charge in [-0.1, -0.05) is 6.92 Å². The van der Waals surface area contributed by atoms with E-state index < -0.39 is 0 Å². The zero-order valence-corrected chi connectivity index (χ0v) is 10.2. The van der Waals surface area contributed by atoms with Gasteiger partial charge in [0.25, 0.3) is 0 Å². The molecule has 1 rings (SSSR count). The molecule has 1 aliphatic heterocycles. The van der Waals surface area contributed by atoms with Crippen LogP contribution in [-0.2, 0) is 4.79 Å². The number of nitrogens with zero attached hydrogens (tertiary/aromatic N) is 3. The zero-order valence-electron chi connectivity index (χ0n) is 10.2. The number of carbonyl (C=O) groups is 1. The molecule has 0 aromatic heterocycles. The van der Waals surface area contributed by atoms with Crippen molar-refractivity contribution in [1.29, 1.82) is 5.26 Å². The highest BCUT2D eigenvalue weighted by Gasteiger charge is 2.33. The van der Waals surface area contributed by atoms with Gasteiger partial charge in [0.05, 0.1) is 12.1 Å². The first-order valence-electron chi connectivity index (χ1n) is 5.69. The van der Waals surface area contributed by atoms with Crippen molar-refractivity contribution < 1.29 is 4.79 Å². The van der Waals surface area contributed by atoms with Gasteiger partial charge in [0.1, 0.15) is 6.04 Å². The fraction of sp³-hybridized carbons (Fsp3) is 0.818. The monoisotopic (exact) mass is 224 g/mol. The Kier molecular flexibility index (Phi) is 4.71. The Morgan fingerprint density at radius 1 is 1.69 bits per heavy atom. The third-order valence-electron chi connectivity index (χ3n) is 2.95. The van der Waals surface area contributed by atoms with Gasteiger partial charge >= 0.3 is 0 Å². The summed E-state index contributed by atoms with van der Waals surface area (Å²) in [5.74, 6) is 0.0703. The van der Waals surface area contributed by atoms with Crippen molar-refractivity contribution in [2.45, 2.75) is 25.4 Å². The largest absolute Gasteiger partial charge is 0.347 e. The standard InChI is InChI=1S/C11H20N4O/c1-4-9(7-12)15-6-5-13-8-10(15)11(16)14(2)3/h9-10,13H,4-6,8H2,1-3H3. The van der Waals surface area contributed by atoms with Crippen LogP contribution < -0.4 is 5.32 Å². The van der Waals surface area contributed by atoms with Crippen LogP contribution in [0.5, 0.6) is 0 Å². The summed E-state index contributed by atoms with van der Waals surface area (Å²) in [4.78, 5) is 15.6. The molecule has 0 aromatic carbocycles. The van der Waals surface area contributed by atoms with E-state index in [1.165, 1.54) is 0 Å². The number of nitrogens with one attached hydrogen (secondary N) is 1. The summed E-state index contributed by atoms with van der Waals surface area (Å²) in [6.45, 7) is 4.22. The van der Waals surface area contributed by atoms with Gasteiger partial charge < -0.3 is 10.2 Å². The van der Waals surface area contributed by atoms with E-state index in [-0.39, 0.29) is 18.0 Å². The zero-order chi connectivity index (χ0) is 12.1. The van der Waals surface area contributed by atoms with Gasteiger partial charge in [-0.05, 0) is 6.42 Å². The van der Waals surface area contributed by atoms with Gasteiger partial charge in [0, 0.05) is 33.7 Å². The van der Waals surface area contributed by atoms with Crippen molar-refractivity contribution in [2.24, 2.45) is 0 Å². The lowest BCUT2D eigenvalue weighted by molar-refractivity contribution is -0.135. The molecule has 90 valence electrons. The van der Waals surface area contributed by atoms with Crippen molar-refractivity contribution in [1.82, 2.24) is 15.1 Å². The first-order chi connectivity index (χ1) is 7.61. The average molecular weight is 224 g/mol. The topological polar surface area (TPSA) is 59.4 Å². The molecule has 0 radical (unpaired) electrons. The Balaban J connectivity index is 2.79. The van der Waals surface area contributed by atoms with Crippen molar-refractivity contribution in [3.8, 4) is 6.07 Å². The maximum Gasteiger partial charge on any atom is 0.240 e. The molecular formula is C11H20N4O. The number of piperazine rings is 1. The van der Waals surface area contributed by atoms with E-state index in [1.54, 1.807) is 19.0 Å². The van der Waals surface area contributed by atoms with Crippen LogP contribution in [0.15, 0.2) is 0 Å². The molecule has 2 unspecified atom stereocenters. The minimum atomic E-state index is -0.201. The van der Waals surface area contributed by atoms with Crippen molar-refractivity contribution in [2.75, 3.05) is 33.7 Å².